The van der Waals surface area contributed by atoms with Crippen LogP contribution in [0.5, 0.6) is 0 Å². The van der Waals surface area contributed by atoms with Gasteiger partial charge in [-0.25, -0.2) is 4.98 Å². The van der Waals surface area contributed by atoms with Gasteiger partial charge in [0.05, 0.1) is 16.6 Å². The number of aromatic nitrogens is 3. The first-order chi connectivity index (χ1) is 28.5. The number of oxazole rings is 1. The first-order valence-electron chi connectivity index (χ1n) is 20.4. The zero-order chi connectivity index (χ0) is 40.5. The lowest BCUT2D eigenvalue weighted by atomic mass is 9.85. The third-order valence-corrected chi connectivity index (χ3v) is 11.6. The molecule has 0 saturated carbocycles. The first-order valence-corrected chi connectivity index (χ1v) is 20.4. The van der Waals surface area contributed by atoms with E-state index < -0.39 is 0 Å². The molecule has 0 unspecified atom stereocenters. The molecule has 0 aliphatic rings. The second-order valence-electron chi connectivity index (χ2n) is 17.6. The molecule has 0 fully saturated rings. The Morgan fingerprint density at radius 2 is 1.19 bits per heavy atom. The molecule has 3 heterocycles. The lowest BCUT2D eigenvalue weighted by molar-refractivity contribution is 0.591. The zero-order valence-corrected chi connectivity index (χ0v) is 34.4. The minimum Gasteiger partial charge on any atom is -0.436 e. The SMILES string of the molecule is CC(C)(C)c1ccc2c(c1)c1ccc(C(C)(C)C)cc1n2-c1ccc(-c2ccc(N(c3ccccc3)c3ccccc3)cc2-c2nc3c(ccc4cccnc43)o2)cc1. The lowest BCUT2D eigenvalue weighted by Crippen LogP contribution is -2.10. The Morgan fingerprint density at radius 3 is 1.88 bits per heavy atom. The molecule has 0 saturated heterocycles. The third-order valence-electron chi connectivity index (χ3n) is 11.6. The van der Waals surface area contributed by atoms with E-state index in [0.717, 1.165) is 55.9 Å². The maximum Gasteiger partial charge on any atom is 0.228 e. The van der Waals surface area contributed by atoms with Crippen LogP contribution in [-0.4, -0.2) is 14.5 Å². The Bertz CT molecular complexity index is 3120. The van der Waals surface area contributed by atoms with Crippen LogP contribution in [0, 0.1) is 0 Å². The van der Waals surface area contributed by atoms with E-state index in [1.807, 2.05) is 36.5 Å². The molecule has 0 radical (unpaired) electrons. The fourth-order valence-corrected chi connectivity index (χ4v) is 8.37. The van der Waals surface area contributed by atoms with Gasteiger partial charge in [0.25, 0.3) is 0 Å². The van der Waals surface area contributed by atoms with Gasteiger partial charge in [0.2, 0.25) is 5.89 Å². The zero-order valence-electron chi connectivity index (χ0n) is 34.4. The van der Waals surface area contributed by atoms with Gasteiger partial charge in [-0.3, -0.25) is 4.98 Å². The number of hydrogen-bond donors (Lipinski definition) is 0. The maximum absolute atomic E-state index is 6.65. The Hall–Kier alpha value is -6.98. The van der Waals surface area contributed by atoms with E-state index in [0.29, 0.717) is 11.5 Å². The summed E-state index contributed by atoms with van der Waals surface area (Å²) in [5.41, 5.74) is 14.6. The average Bonchev–Trinajstić information content (AvgIpc) is 3.84. The van der Waals surface area contributed by atoms with Crippen molar-refractivity contribution in [3.8, 4) is 28.3 Å². The molecule has 0 atom stereocenters. The Balaban J connectivity index is 1.16. The predicted molar refractivity (Wildman–Crippen MR) is 247 cm³/mol. The van der Waals surface area contributed by atoms with Gasteiger partial charge in [-0.2, -0.15) is 0 Å². The molecular formula is C54H46N4O. The summed E-state index contributed by atoms with van der Waals surface area (Å²) in [5.74, 6) is 0.548. The topological polar surface area (TPSA) is 47.1 Å². The van der Waals surface area contributed by atoms with Gasteiger partial charge in [0.15, 0.2) is 5.58 Å². The summed E-state index contributed by atoms with van der Waals surface area (Å²) in [5, 5.41) is 3.56. The van der Waals surface area contributed by atoms with E-state index in [1.54, 1.807) is 0 Å². The molecular weight excluding hydrogens is 721 g/mol. The van der Waals surface area contributed by atoms with E-state index in [4.69, 9.17) is 14.4 Å². The van der Waals surface area contributed by atoms with E-state index >= 15 is 0 Å². The van der Waals surface area contributed by atoms with Crippen LogP contribution >= 0.6 is 0 Å². The first kappa shape index (κ1) is 36.4. The maximum atomic E-state index is 6.65. The van der Waals surface area contributed by atoms with Crippen molar-refractivity contribution in [3.05, 3.63) is 181 Å². The second kappa shape index (κ2) is 13.8. The van der Waals surface area contributed by atoms with Crippen molar-refractivity contribution in [2.75, 3.05) is 4.90 Å². The number of fused-ring (bicyclic) bond motifs is 6. The van der Waals surface area contributed by atoms with Crippen LogP contribution in [-0.2, 0) is 10.8 Å². The monoisotopic (exact) mass is 766 g/mol. The number of rotatable bonds is 6. The van der Waals surface area contributed by atoms with Crippen LogP contribution in [0.2, 0.25) is 0 Å². The molecule has 0 aliphatic carbocycles. The van der Waals surface area contributed by atoms with Crippen LogP contribution < -0.4 is 4.90 Å². The Kier molecular flexibility index (Phi) is 8.53. The van der Waals surface area contributed by atoms with Gasteiger partial charge in [-0.1, -0.05) is 120 Å². The van der Waals surface area contributed by atoms with Crippen molar-refractivity contribution in [2.45, 2.75) is 52.4 Å². The molecule has 59 heavy (non-hydrogen) atoms. The third kappa shape index (κ3) is 6.44. The largest absolute Gasteiger partial charge is 0.436 e. The van der Waals surface area contributed by atoms with Crippen LogP contribution in [0.3, 0.4) is 0 Å². The normalized spacial score (nSPS) is 12.2. The number of pyridine rings is 1. The van der Waals surface area contributed by atoms with Gasteiger partial charge in [0.1, 0.15) is 5.52 Å². The highest BCUT2D eigenvalue weighted by Crippen LogP contribution is 2.43. The van der Waals surface area contributed by atoms with E-state index in [2.05, 4.69) is 184 Å². The number of para-hydroxylation sites is 2. The summed E-state index contributed by atoms with van der Waals surface area (Å²) in [7, 11) is 0. The molecule has 0 amide bonds. The summed E-state index contributed by atoms with van der Waals surface area (Å²) in [6, 6.07) is 58.5. The minimum atomic E-state index is 0.0160. The number of benzene rings is 7. The van der Waals surface area contributed by atoms with Crippen LogP contribution in [0.25, 0.3) is 72.1 Å². The fourth-order valence-electron chi connectivity index (χ4n) is 8.37. The summed E-state index contributed by atoms with van der Waals surface area (Å²) in [4.78, 5) is 12.1. The second-order valence-corrected chi connectivity index (χ2v) is 17.6. The molecule has 0 spiro atoms. The number of anilines is 3. The van der Waals surface area contributed by atoms with E-state index in [1.165, 1.54) is 32.9 Å². The highest BCUT2D eigenvalue weighted by molar-refractivity contribution is 6.10. The smallest absolute Gasteiger partial charge is 0.228 e. The van der Waals surface area contributed by atoms with Gasteiger partial charge >= 0.3 is 0 Å². The summed E-state index contributed by atoms with van der Waals surface area (Å²) in [6.45, 7) is 13.7. The van der Waals surface area contributed by atoms with Crippen LogP contribution in [0.15, 0.2) is 174 Å². The highest BCUT2D eigenvalue weighted by Gasteiger charge is 2.23. The highest BCUT2D eigenvalue weighted by atomic mass is 16.3. The molecule has 7 aromatic carbocycles. The Morgan fingerprint density at radius 1 is 0.508 bits per heavy atom. The van der Waals surface area contributed by atoms with Crippen molar-refractivity contribution in [1.29, 1.82) is 0 Å². The molecule has 0 aliphatic heterocycles. The lowest BCUT2D eigenvalue weighted by Gasteiger charge is -2.26. The molecule has 288 valence electrons. The van der Waals surface area contributed by atoms with Crippen molar-refractivity contribution in [2.24, 2.45) is 0 Å². The summed E-state index contributed by atoms with van der Waals surface area (Å²) >= 11 is 0. The molecule has 0 bridgehead atoms. The molecule has 0 N–H and O–H groups in total. The summed E-state index contributed by atoms with van der Waals surface area (Å²) in [6.07, 6.45) is 1.81. The predicted octanol–water partition coefficient (Wildman–Crippen LogP) is 14.9. The van der Waals surface area contributed by atoms with Crippen molar-refractivity contribution < 1.29 is 4.42 Å². The fraction of sp³-hybridized carbons (Fsp3) is 0.148. The number of nitrogens with zero attached hydrogens (tertiary/aromatic N) is 4. The van der Waals surface area contributed by atoms with Gasteiger partial charge in [-0.05, 0) is 118 Å². The average molecular weight is 767 g/mol. The quantitative estimate of drug-likeness (QED) is 0.169. The van der Waals surface area contributed by atoms with Crippen molar-refractivity contribution in [1.82, 2.24) is 14.5 Å². The van der Waals surface area contributed by atoms with Crippen LogP contribution in [0.4, 0.5) is 17.1 Å². The molecule has 10 rings (SSSR count). The van der Waals surface area contributed by atoms with E-state index in [-0.39, 0.29) is 10.8 Å². The standard InChI is InChI=1S/C54H46N4O/c1-53(2,3)37-23-29-47-45(32-37)44-27-22-38(54(4,5)6)33-48(44)58(47)41-24-19-35(20-25-41)43-28-26-42(57(39-15-9-7-10-16-39)40-17-11-8-12-18-40)34-46(43)52-56-51-49(59-52)30-21-36-14-13-31-55-50(36)51/h7-34H,1-6H3. The molecule has 3 aromatic heterocycles. The van der Waals surface area contributed by atoms with Gasteiger partial charge < -0.3 is 13.9 Å². The molecule has 5 heteroatoms. The van der Waals surface area contributed by atoms with Crippen LogP contribution in [0.1, 0.15) is 52.7 Å². The van der Waals surface area contributed by atoms with Crippen molar-refractivity contribution in [3.63, 3.8) is 0 Å². The molecule has 5 nitrogen and oxygen atoms in total. The van der Waals surface area contributed by atoms with E-state index in [9.17, 15) is 0 Å². The minimum absolute atomic E-state index is 0.0160. The number of hydrogen-bond acceptors (Lipinski definition) is 4. The molecule has 10 aromatic rings. The van der Waals surface area contributed by atoms with Crippen molar-refractivity contribution >= 4 is 60.9 Å². The van der Waals surface area contributed by atoms with Gasteiger partial charge in [-0.15, -0.1) is 0 Å². The van der Waals surface area contributed by atoms with Gasteiger partial charge in [0, 0.05) is 50.7 Å². The Labute approximate surface area is 345 Å². The summed E-state index contributed by atoms with van der Waals surface area (Å²) < 4.78 is 9.08.